The summed E-state index contributed by atoms with van der Waals surface area (Å²) in [6, 6.07) is 11.8. The Balaban J connectivity index is 1.27. The number of carbonyl (C=O) groups excluding carboxylic acids is 2. The predicted molar refractivity (Wildman–Crippen MR) is 128 cm³/mol. The quantitative estimate of drug-likeness (QED) is 0.544. The summed E-state index contributed by atoms with van der Waals surface area (Å²) >= 11 is 6.33. The molecule has 2 aromatic carbocycles. The Morgan fingerprint density at radius 1 is 1.03 bits per heavy atom. The maximum absolute atomic E-state index is 13.4. The average molecular weight is 481 g/mol. The highest BCUT2D eigenvalue weighted by Crippen LogP contribution is 2.43. The van der Waals surface area contributed by atoms with E-state index in [4.69, 9.17) is 11.6 Å². The topological polar surface area (TPSA) is 58.4 Å². The summed E-state index contributed by atoms with van der Waals surface area (Å²) in [4.78, 5) is 29.7. The van der Waals surface area contributed by atoms with E-state index >= 15 is 0 Å². The molecule has 2 amide bonds. The van der Waals surface area contributed by atoms with Crippen molar-refractivity contribution in [1.29, 1.82) is 0 Å². The number of hydrogen-bond donors (Lipinski definition) is 0. The summed E-state index contributed by atoms with van der Waals surface area (Å²) in [6.45, 7) is 3.85. The standard InChI is InChI=1S/C26H26ClFN4O2/c1-17-2-9-21(15-23(17)27)32-25(19-5-6-19)22(16-29-32)26(34)31-12-10-30(11-13-31)24(33)14-18-3-7-20(28)8-4-18/h2-4,7-9,15-16,19H,5-6,10-14H2,1H3. The smallest absolute Gasteiger partial charge is 0.257 e. The molecule has 1 aromatic heterocycles. The van der Waals surface area contributed by atoms with Crippen molar-refractivity contribution >= 4 is 23.4 Å². The first-order valence-electron chi connectivity index (χ1n) is 11.6. The van der Waals surface area contributed by atoms with Crippen molar-refractivity contribution in [3.05, 3.63) is 81.9 Å². The molecule has 2 heterocycles. The molecule has 1 aliphatic carbocycles. The molecule has 0 bridgehead atoms. The number of piperazine rings is 1. The van der Waals surface area contributed by atoms with E-state index in [1.807, 2.05) is 29.8 Å². The van der Waals surface area contributed by atoms with E-state index in [2.05, 4.69) is 5.10 Å². The van der Waals surface area contributed by atoms with Crippen LogP contribution in [0.3, 0.4) is 0 Å². The van der Waals surface area contributed by atoms with Crippen LogP contribution in [0, 0.1) is 12.7 Å². The highest BCUT2D eigenvalue weighted by atomic mass is 35.5. The minimum atomic E-state index is -0.317. The summed E-state index contributed by atoms with van der Waals surface area (Å²) in [5, 5.41) is 5.22. The van der Waals surface area contributed by atoms with E-state index in [1.54, 1.807) is 28.1 Å². The number of rotatable bonds is 5. The Morgan fingerprint density at radius 3 is 2.35 bits per heavy atom. The van der Waals surface area contributed by atoms with Crippen molar-refractivity contribution in [1.82, 2.24) is 19.6 Å². The molecular weight excluding hydrogens is 455 g/mol. The van der Waals surface area contributed by atoms with Crippen LogP contribution in [0.5, 0.6) is 0 Å². The maximum Gasteiger partial charge on any atom is 0.257 e. The fourth-order valence-electron chi connectivity index (χ4n) is 4.41. The minimum absolute atomic E-state index is 0.0126. The molecule has 0 spiro atoms. The molecular formula is C26H26ClFN4O2. The van der Waals surface area contributed by atoms with E-state index in [0.717, 1.165) is 35.3 Å². The number of amides is 2. The first-order valence-corrected chi connectivity index (χ1v) is 11.9. The molecule has 2 aliphatic rings. The third kappa shape index (κ3) is 4.57. The first-order chi connectivity index (χ1) is 16.4. The second-order valence-corrected chi connectivity index (χ2v) is 9.45. The van der Waals surface area contributed by atoms with Crippen LogP contribution in [0.15, 0.2) is 48.7 Å². The van der Waals surface area contributed by atoms with Crippen molar-refractivity contribution in [3.8, 4) is 5.69 Å². The molecule has 0 radical (unpaired) electrons. The Hall–Kier alpha value is -3.19. The van der Waals surface area contributed by atoms with E-state index in [1.165, 1.54) is 12.1 Å². The largest absolute Gasteiger partial charge is 0.339 e. The van der Waals surface area contributed by atoms with Crippen molar-refractivity contribution < 1.29 is 14.0 Å². The highest BCUT2D eigenvalue weighted by Gasteiger charge is 2.35. The van der Waals surface area contributed by atoms with Crippen LogP contribution in [-0.2, 0) is 11.2 Å². The van der Waals surface area contributed by atoms with Crippen molar-refractivity contribution in [2.24, 2.45) is 0 Å². The van der Waals surface area contributed by atoms with Crippen molar-refractivity contribution in [2.45, 2.75) is 32.1 Å². The molecule has 2 fully saturated rings. The highest BCUT2D eigenvalue weighted by molar-refractivity contribution is 6.31. The van der Waals surface area contributed by atoms with E-state index in [-0.39, 0.29) is 24.1 Å². The third-order valence-corrected chi connectivity index (χ3v) is 7.00. The van der Waals surface area contributed by atoms with Gasteiger partial charge in [-0.2, -0.15) is 5.10 Å². The van der Waals surface area contributed by atoms with Gasteiger partial charge in [-0.05, 0) is 55.2 Å². The van der Waals surface area contributed by atoms with E-state index < -0.39 is 0 Å². The van der Waals surface area contributed by atoms with Crippen LogP contribution in [0.2, 0.25) is 5.02 Å². The van der Waals surface area contributed by atoms with Gasteiger partial charge in [0.15, 0.2) is 0 Å². The van der Waals surface area contributed by atoms with Crippen molar-refractivity contribution in [2.75, 3.05) is 26.2 Å². The van der Waals surface area contributed by atoms with E-state index in [0.29, 0.717) is 42.7 Å². The zero-order chi connectivity index (χ0) is 23.8. The summed E-state index contributed by atoms with van der Waals surface area (Å²) in [7, 11) is 0. The van der Waals surface area contributed by atoms with Gasteiger partial charge in [-0.25, -0.2) is 9.07 Å². The van der Waals surface area contributed by atoms with Crippen molar-refractivity contribution in [3.63, 3.8) is 0 Å². The second kappa shape index (κ2) is 9.22. The molecule has 1 saturated heterocycles. The van der Waals surface area contributed by atoms with Crippen LogP contribution in [0.25, 0.3) is 5.69 Å². The van der Waals surface area contributed by atoms with Gasteiger partial charge in [-0.15, -0.1) is 0 Å². The third-order valence-electron chi connectivity index (χ3n) is 6.59. The van der Waals surface area contributed by atoms with Crippen LogP contribution >= 0.6 is 11.6 Å². The molecule has 34 heavy (non-hydrogen) atoms. The van der Waals surface area contributed by atoms with Gasteiger partial charge < -0.3 is 9.80 Å². The molecule has 0 unspecified atom stereocenters. The molecule has 5 rings (SSSR count). The van der Waals surface area contributed by atoms with Gasteiger partial charge in [-0.3, -0.25) is 9.59 Å². The van der Waals surface area contributed by atoms with Crippen LogP contribution < -0.4 is 0 Å². The Labute approximate surface area is 202 Å². The molecule has 1 aliphatic heterocycles. The summed E-state index contributed by atoms with van der Waals surface area (Å²) < 4.78 is 15.0. The van der Waals surface area contributed by atoms with E-state index in [9.17, 15) is 14.0 Å². The monoisotopic (exact) mass is 480 g/mol. The molecule has 1 saturated carbocycles. The number of aromatic nitrogens is 2. The van der Waals surface area contributed by atoms with Gasteiger partial charge in [0.05, 0.1) is 29.6 Å². The fourth-order valence-corrected chi connectivity index (χ4v) is 4.58. The Bertz CT molecular complexity index is 1230. The molecule has 8 heteroatoms. The zero-order valence-corrected chi connectivity index (χ0v) is 19.8. The summed E-state index contributed by atoms with van der Waals surface area (Å²) in [5.41, 5.74) is 4.20. The van der Waals surface area contributed by atoms with Crippen LogP contribution in [-0.4, -0.2) is 57.6 Å². The van der Waals surface area contributed by atoms with Gasteiger partial charge in [0.25, 0.3) is 5.91 Å². The molecule has 6 nitrogen and oxygen atoms in total. The second-order valence-electron chi connectivity index (χ2n) is 9.04. The summed E-state index contributed by atoms with van der Waals surface area (Å²) in [5.74, 6) is -0.0544. The lowest BCUT2D eigenvalue weighted by atomic mass is 10.1. The van der Waals surface area contributed by atoms with Gasteiger partial charge >= 0.3 is 0 Å². The van der Waals surface area contributed by atoms with Gasteiger partial charge in [-0.1, -0.05) is 29.8 Å². The molecule has 0 atom stereocenters. The fraction of sp³-hybridized carbons (Fsp3) is 0.346. The predicted octanol–water partition coefficient (Wildman–Crippen LogP) is 4.38. The summed E-state index contributed by atoms with van der Waals surface area (Å²) in [6.07, 6.45) is 3.97. The maximum atomic E-state index is 13.4. The zero-order valence-electron chi connectivity index (χ0n) is 19.0. The minimum Gasteiger partial charge on any atom is -0.339 e. The number of benzene rings is 2. The van der Waals surface area contributed by atoms with Gasteiger partial charge in [0, 0.05) is 37.1 Å². The molecule has 3 aromatic rings. The number of carbonyl (C=O) groups is 2. The molecule has 176 valence electrons. The SMILES string of the molecule is Cc1ccc(-n2ncc(C(=O)N3CCN(C(=O)Cc4ccc(F)cc4)CC3)c2C2CC2)cc1Cl. The van der Waals surface area contributed by atoms with Gasteiger partial charge in [0.2, 0.25) is 5.91 Å². The van der Waals surface area contributed by atoms with Crippen LogP contribution in [0.1, 0.15) is 45.9 Å². The number of aryl methyl sites for hydroxylation is 1. The Morgan fingerprint density at radius 2 is 1.71 bits per heavy atom. The Kier molecular flexibility index (Phi) is 6.13. The van der Waals surface area contributed by atoms with Crippen LogP contribution in [0.4, 0.5) is 4.39 Å². The lowest BCUT2D eigenvalue weighted by Crippen LogP contribution is -2.51. The molecule has 0 N–H and O–H groups in total. The first kappa shape index (κ1) is 22.6. The average Bonchev–Trinajstić information content (AvgIpc) is 3.59. The lowest BCUT2D eigenvalue weighted by molar-refractivity contribution is -0.131. The lowest BCUT2D eigenvalue weighted by Gasteiger charge is -2.35. The van der Waals surface area contributed by atoms with Gasteiger partial charge in [0.1, 0.15) is 5.82 Å². The number of hydrogen-bond acceptors (Lipinski definition) is 3. The normalized spacial score (nSPS) is 16.1. The number of halogens is 2. The number of nitrogens with zero attached hydrogens (tertiary/aromatic N) is 4.